The molecule has 1 aromatic carbocycles. The largest absolute Gasteiger partial charge is 0.298 e. The van der Waals surface area contributed by atoms with Crippen LogP contribution in [0.25, 0.3) is 0 Å². The average molecular weight is 292 g/mol. The summed E-state index contributed by atoms with van der Waals surface area (Å²) < 4.78 is 0.961. The molecular weight excluding hydrogens is 284 g/mol. The fourth-order valence-electron chi connectivity index (χ4n) is 0.997. The molecule has 0 saturated heterocycles. The highest BCUT2D eigenvalue weighted by Gasteiger charge is 1.97. The Morgan fingerprint density at radius 3 is 2.67 bits per heavy atom. The molecule has 0 aromatic heterocycles. The van der Waals surface area contributed by atoms with E-state index in [1.807, 2.05) is 18.2 Å². The van der Waals surface area contributed by atoms with E-state index < -0.39 is 0 Å². The van der Waals surface area contributed by atoms with Gasteiger partial charge in [0.05, 0.1) is 0 Å². The average Bonchev–Trinajstić information content (AvgIpc) is 2.04. The second kappa shape index (κ2) is 4.77. The molecule has 0 aliphatic rings. The Kier molecular flexibility index (Phi) is 3.95. The Balaban J connectivity index is 2.97. The summed E-state index contributed by atoms with van der Waals surface area (Å²) >= 11 is 6.70. The van der Waals surface area contributed by atoms with E-state index in [0.29, 0.717) is 0 Å². The lowest BCUT2D eigenvalue weighted by Gasteiger charge is -2.00. The molecule has 0 fully saturated rings. The van der Waals surface area contributed by atoms with Gasteiger partial charge in [0.15, 0.2) is 0 Å². The summed E-state index contributed by atoms with van der Waals surface area (Å²) in [7, 11) is 0. The quantitative estimate of drug-likeness (QED) is 0.617. The molecule has 0 N–H and O–H groups in total. The summed E-state index contributed by atoms with van der Waals surface area (Å²) in [5.74, 6) is 0. The standard InChI is InChI=1S/C9H8Br2O/c10-2-1-7-3-8(6-12)5-9(11)4-7/h3-6H,1-2H2. The van der Waals surface area contributed by atoms with Crippen LogP contribution in [0.2, 0.25) is 0 Å². The predicted octanol–water partition coefficient (Wildman–Crippen LogP) is 3.20. The first-order valence-corrected chi connectivity index (χ1v) is 5.48. The van der Waals surface area contributed by atoms with E-state index in [2.05, 4.69) is 31.9 Å². The molecule has 0 aliphatic heterocycles. The van der Waals surface area contributed by atoms with Crippen molar-refractivity contribution in [2.24, 2.45) is 0 Å². The van der Waals surface area contributed by atoms with Gasteiger partial charge in [0, 0.05) is 15.4 Å². The van der Waals surface area contributed by atoms with Gasteiger partial charge in [0.25, 0.3) is 0 Å². The number of alkyl halides is 1. The molecule has 64 valence electrons. The van der Waals surface area contributed by atoms with Crippen LogP contribution in [0.1, 0.15) is 15.9 Å². The lowest BCUT2D eigenvalue weighted by atomic mass is 10.1. The molecule has 0 aliphatic carbocycles. The Hall–Kier alpha value is -0.150. The molecule has 12 heavy (non-hydrogen) atoms. The summed E-state index contributed by atoms with van der Waals surface area (Å²) in [6.45, 7) is 0. The lowest BCUT2D eigenvalue weighted by Crippen LogP contribution is -1.88. The zero-order valence-electron chi connectivity index (χ0n) is 6.39. The van der Waals surface area contributed by atoms with E-state index >= 15 is 0 Å². The molecule has 0 amide bonds. The van der Waals surface area contributed by atoms with Gasteiger partial charge in [-0.3, -0.25) is 4.79 Å². The minimum absolute atomic E-state index is 0.723. The lowest BCUT2D eigenvalue weighted by molar-refractivity contribution is 0.112. The van der Waals surface area contributed by atoms with Gasteiger partial charge in [-0.15, -0.1) is 0 Å². The van der Waals surface area contributed by atoms with Crippen molar-refractivity contribution in [2.75, 3.05) is 5.33 Å². The van der Waals surface area contributed by atoms with Gasteiger partial charge in [0.1, 0.15) is 6.29 Å². The summed E-state index contributed by atoms with van der Waals surface area (Å²) in [4.78, 5) is 10.5. The SMILES string of the molecule is O=Cc1cc(Br)cc(CCBr)c1. The summed E-state index contributed by atoms with van der Waals surface area (Å²) in [6, 6.07) is 5.73. The Bertz CT molecular complexity index is 284. The van der Waals surface area contributed by atoms with Crippen LogP contribution < -0.4 is 0 Å². The second-order valence-electron chi connectivity index (χ2n) is 2.45. The molecule has 0 saturated carbocycles. The summed E-state index contributed by atoms with van der Waals surface area (Å²) in [5, 5.41) is 0.918. The molecule has 1 rings (SSSR count). The highest BCUT2D eigenvalue weighted by atomic mass is 79.9. The van der Waals surface area contributed by atoms with E-state index in [9.17, 15) is 4.79 Å². The number of halogens is 2. The van der Waals surface area contributed by atoms with E-state index in [1.54, 1.807) is 0 Å². The third-order valence-electron chi connectivity index (χ3n) is 1.50. The number of carbonyl (C=O) groups is 1. The van der Waals surface area contributed by atoms with Crippen molar-refractivity contribution in [2.45, 2.75) is 6.42 Å². The maximum atomic E-state index is 10.5. The number of carbonyl (C=O) groups excluding carboxylic acids is 1. The third-order valence-corrected chi connectivity index (χ3v) is 2.35. The molecule has 0 bridgehead atoms. The van der Waals surface area contributed by atoms with Crippen LogP contribution in [0, 0.1) is 0 Å². The number of aldehydes is 1. The van der Waals surface area contributed by atoms with Crippen LogP contribution >= 0.6 is 31.9 Å². The Labute approximate surface area is 88.4 Å². The summed E-state index contributed by atoms with van der Waals surface area (Å²) in [5.41, 5.74) is 1.89. The van der Waals surface area contributed by atoms with E-state index in [4.69, 9.17) is 0 Å². The van der Waals surface area contributed by atoms with Crippen molar-refractivity contribution in [3.05, 3.63) is 33.8 Å². The van der Waals surface area contributed by atoms with Crippen molar-refractivity contribution < 1.29 is 4.79 Å². The monoisotopic (exact) mass is 290 g/mol. The summed E-state index contributed by atoms with van der Waals surface area (Å²) in [6.07, 6.45) is 1.81. The molecule has 0 heterocycles. The first-order valence-electron chi connectivity index (χ1n) is 3.57. The zero-order valence-corrected chi connectivity index (χ0v) is 9.56. The molecule has 0 atom stereocenters. The first-order chi connectivity index (χ1) is 5.76. The molecule has 3 heteroatoms. The minimum atomic E-state index is 0.723. The molecule has 0 unspecified atom stereocenters. The minimum Gasteiger partial charge on any atom is -0.298 e. The fraction of sp³-hybridized carbons (Fsp3) is 0.222. The fourth-order valence-corrected chi connectivity index (χ4v) is 2.01. The first kappa shape index (κ1) is 9.93. The van der Waals surface area contributed by atoms with E-state index in [-0.39, 0.29) is 0 Å². The van der Waals surface area contributed by atoms with Crippen LogP contribution in [-0.4, -0.2) is 11.6 Å². The molecule has 0 spiro atoms. The smallest absolute Gasteiger partial charge is 0.150 e. The molecule has 1 aromatic rings. The Morgan fingerprint density at radius 1 is 1.33 bits per heavy atom. The van der Waals surface area contributed by atoms with Gasteiger partial charge >= 0.3 is 0 Å². The van der Waals surface area contributed by atoms with Crippen molar-refractivity contribution in [1.29, 1.82) is 0 Å². The predicted molar refractivity (Wildman–Crippen MR) is 57.0 cm³/mol. The number of rotatable bonds is 3. The van der Waals surface area contributed by atoms with Gasteiger partial charge in [-0.1, -0.05) is 31.9 Å². The molecular formula is C9H8Br2O. The van der Waals surface area contributed by atoms with Crippen LogP contribution in [0.5, 0.6) is 0 Å². The third kappa shape index (κ3) is 2.72. The maximum Gasteiger partial charge on any atom is 0.150 e. The normalized spacial score (nSPS) is 9.83. The molecule has 0 radical (unpaired) electrons. The van der Waals surface area contributed by atoms with Crippen LogP contribution in [0.15, 0.2) is 22.7 Å². The van der Waals surface area contributed by atoms with Crippen LogP contribution in [-0.2, 0) is 6.42 Å². The van der Waals surface area contributed by atoms with Crippen LogP contribution in [0.4, 0.5) is 0 Å². The second-order valence-corrected chi connectivity index (χ2v) is 4.16. The van der Waals surface area contributed by atoms with Gasteiger partial charge in [-0.05, 0) is 30.2 Å². The van der Waals surface area contributed by atoms with Crippen molar-refractivity contribution in [1.82, 2.24) is 0 Å². The van der Waals surface area contributed by atoms with Gasteiger partial charge in [-0.2, -0.15) is 0 Å². The van der Waals surface area contributed by atoms with E-state index in [1.165, 1.54) is 5.56 Å². The van der Waals surface area contributed by atoms with Crippen LogP contribution in [0.3, 0.4) is 0 Å². The highest BCUT2D eigenvalue weighted by Crippen LogP contribution is 2.15. The number of aryl methyl sites for hydroxylation is 1. The van der Waals surface area contributed by atoms with Crippen molar-refractivity contribution >= 4 is 38.1 Å². The number of benzene rings is 1. The molecule has 1 nitrogen and oxygen atoms in total. The van der Waals surface area contributed by atoms with Gasteiger partial charge in [0.2, 0.25) is 0 Å². The number of hydrogen-bond acceptors (Lipinski definition) is 1. The van der Waals surface area contributed by atoms with Crippen molar-refractivity contribution in [3.8, 4) is 0 Å². The van der Waals surface area contributed by atoms with Gasteiger partial charge in [-0.25, -0.2) is 0 Å². The maximum absolute atomic E-state index is 10.5. The van der Waals surface area contributed by atoms with Crippen molar-refractivity contribution in [3.63, 3.8) is 0 Å². The highest BCUT2D eigenvalue weighted by molar-refractivity contribution is 9.10. The Morgan fingerprint density at radius 2 is 2.08 bits per heavy atom. The topological polar surface area (TPSA) is 17.1 Å². The van der Waals surface area contributed by atoms with E-state index in [0.717, 1.165) is 28.1 Å². The number of hydrogen-bond donors (Lipinski definition) is 0. The van der Waals surface area contributed by atoms with Gasteiger partial charge < -0.3 is 0 Å². The zero-order chi connectivity index (χ0) is 8.97.